The minimum atomic E-state index is -0.165. The van der Waals surface area contributed by atoms with Crippen LogP contribution in [0.1, 0.15) is 6.42 Å². The lowest BCUT2D eigenvalue weighted by Crippen LogP contribution is -2.38. The lowest BCUT2D eigenvalue weighted by Gasteiger charge is -2.23. The molecule has 0 aliphatic carbocycles. The van der Waals surface area contributed by atoms with Crippen molar-refractivity contribution in [3.8, 4) is 0 Å². The number of β-amino-alcohol motifs (C(OH)–C–C–N with tert-alkyl or cyclic N) is 1. The molecule has 1 rings (SSSR count). The Labute approximate surface area is 55.6 Å². The van der Waals surface area contributed by atoms with Crippen LogP contribution in [0.5, 0.6) is 0 Å². The topological polar surface area (TPSA) is 32.3 Å². The summed E-state index contributed by atoms with van der Waals surface area (Å²) in [6.45, 7) is 5.38. The molecule has 0 amide bonds. The van der Waals surface area contributed by atoms with E-state index in [1.165, 1.54) is 0 Å². The average Bonchev–Trinajstić information content (AvgIpc) is 1.88. The lowest BCUT2D eigenvalue weighted by molar-refractivity contribution is 0.126. The van der Waals surface area contributed by atoms with Gasteiger partial charge in [-0.15, -0.1) is 6.58 Å². The second-order valence-electron chi connectivity index (χ2n) is 2.54. The summed E-state index contributed by atoms with van der Waals surface area (Å²) in [5.74, 6) is 0.466. The number of aliphatic hydroxyl groups is 1. The van der Waals surface area contributed by atoms with Crippen molar-refractivity contribution in [2.24, 2.45) is 5.92 Å². The van der Waals surface area contributed by atoms with E-state index in [0.29, 0.717) is 5.92 Å². The van der Waals surface area contributed by atoms with E-state index in [9.17, 15) is 0 Å². The molecule has 1 heterocycles. The third-order valence-corrected chi connectivity index (χ3v) is 1.69. The van der Waals surface area contributed by atoms with Gasteiger partial charge in [-0.05, 0) is 12.3 Å². The maximum Gasteiger partial charge on any atom is 0.0670 e. The third kappa shape index (κ3) is 1.80. The zero-order valence-corrected chi connectivity index (χ0v) is 5.51. The molecule has 1 aliphatic heterocycles. The summed E-state index contributed by atoms with van der Waals surface area (Å²) < 4.78 is 0. The Hall–Kier alpha value is -0.340. The van der Waals surface area contributed by atoms with Crippen LogP contribution in [0.15, 0.2) is 12.7 Å². The molecule has 2 unspecified atom stereocenters. The van der Waals surface area contributed by atoms with Crippen molar-refractivity contribution in [1.29, 1.82) is 0 Å². The van der Waals surface area contributed by atoms with Gasteiger partial charge in [0, 0.05) is 13.1 Å². The van der Waals surface area contributed by atoms with Crippen molar-refractivity contribution in [3.05, 3.63) is 12.7 Å². The number of hydrogen-bond acceptors (Lipinski definition) is 2. The van der Waals surface area contributed by atoms with E-state index in [4.69, 9.17) is 5.11 Å². The van der Waals surface area contributed by atoms with E-state index in [-0.39, 0.29) is 6.10 Å². The van der Waals surface area contributed by atoms with Gasteiger partial charge in [-0.1, -0.05) is 6.08 Å². The van der Waals surface area contributed by atoms with Gasteiger partial charge in [-0.3, -0.25) is 0 Å². The Morgan fingerprint density at radius 2 is 2.33 bits per heavy atom. The zero-order chi connectivity index (χ0) is 6.69. The van der Waals surface area contributed by atoms with Crippen molar-refractivity contribution in [1.82, 2.24) is 5.32 Å². The molecule has 2 nitrogen and oxygen atoms in total. The van der Waals surface area contributed by atoms with Crippen LogP contribution in [-0.4, -0.2) is 24.3 Å². The minimum Gasteiger partial charge on any atom is -0.392 e. The predicted octanol–water partition coefficient (Wildman–Crippen LogP) is 0.143. The van der Waals surface area contributed by atoms with Crippen LogP contribution in [0.4, 0.5) is 0 Å². The molecule has 0 saturated carbocycles. The number of aliphatic hydroxyl groups excluding tert-OH is 1. The van der Waals surface area contributed by atoms with E-state index >= 15 is 0 Å². The molecule has 0 aromatic heterocycles. The first-order chi connectivity index (χ1) is 4.33. The summed E-state index contributed by atoms with van der Waals surface area (Å²) in [6, 6.07) is 0. The van der Waals surface area contributed by atoms with Gasteiger partial charge in [-0.25, -0.2) is 0 Å². The number of nitrogens with one attached hydrogen (secondary N) is 1. The van der Waals surface area contributed by atoms with Crippen LogP contribution in [0, 0.1) is 5.92 Å². The fraction of sp³-hybridized carbons (Fsp3) is 0.714. The molecule has 1 fully saturated rings. The monoisotopic (exact) mass is 127 g/mol. The van der Waals surface area contributed by atoms with E-state index in [2.05, 4.69) is 11.9 Å². The predicted molar refractivity (Wildman–Crippen MR) is 37.2 cm³/mol. The fourth-order valence-electron chi connectivity index (χ4n) is 1.13. The molecule has 2 heteroatoms. The Kier molecular flexibility index (Phi) is 2.25. The standard InChI is InChI=1S/C7H13NO/c1-2-6-3-7(9)5-8-4-6/h2,6-9H,1,3-5H2. The molecular weight excluding hydrogens is 114 g/mol. The molecule has 9 heavy (non-hydrogen) atoms. The third-order valence-electron chi connectivity index (χ3n) is 1.69. The Balaban J connectivity index is 2.31. The fourth-order valence-corrected chi connectivity index (χ4v) is 1.13. The van der Waals surface area contributed by atoms with Gasteiger partial charge >= 0.3 is 0 Å². The lowest BCUT2D eigenvalue weighted by atomic mass is 9.98. The normalized spacial score (nSPS) is 36.1. The Bertz CT molecular complexity index is 103. The molecule has 0 spiro atoms. The van der Waals surface area contributed by atoms with Crippen LogP contribution in [0.25, 0.3) is 0 Å². The van der Waals surface area contributed by atoms with Crippen molar-refractivity contribution >= 4 is 0 Å². The van der Waals surface area contributed by atoms with E-state index in [0.717, 1.165) is 19.5 Å². The smallest absolute Gasteiger partial charge is 0.0670 e. The summed E-state index contributed by atoms with van der Waals surface area (Å²) in [6.07, 6.45) is 2.60. The second-order valence-corrected chi connectivity index (χ2v) is 2.54. The molecular formula is C7H13NO. The van der Waals surface area contributed by atoms with Crippen LogP contribution in [0.2, 0.25) is 0 Å². The van der Waals surface area contributed by atoms with Crippen molar-refractivity contribution in [2.75, 3.05) is 13.1 Å². The summed E-state index contributed by atoms with van der Waals surface area (Å²) >= 11 is 0. The number of hydrogen-bond donors (Lipinski definition) is 2. The Morgan fingerprint density at radius 1 is 1.56 bits per heavy atom. The molecule has 52 valence electrons. The summed E-state index contributed by atoms with van der Waals surface area (Å²) in [4.78, 5) is 0. The van der Waals surface area contributed by atoms with Gasteiger partial charge < -0.3 is 10.4 Å². The molecule has 0 aromatic carbocycles. The van der Waals surface area contributed by atoms with Gasteiger partial charge in [0.15, 0.2) is 0 Å². The van der Waals surface area contributed by atoms with E-state index in [1.54, 1.807) is 0 Å². The maximum atomic E-state index is 9.10. The molecule has 1 aliphatic rings. The van der Waals surface area contributed by atoms with Gasteiger partial charge in [0.25, 0.3) is 0 Å². The van der Waals surface area contributed by atoms with Crippen molar-refractivity contribution in [2.45, 2.75) is 12.5 Å². The number of rotatable bonds is 1. The minimum absolute atomic E-state index is 0.165. The SMILES string of the molecule is C=CC1CNCC(O)C1. The molecule has 2 atom stereocenters. The van der Waals surface area contributed by atoms with Crippen LogP contribution in [0.3, 0.4) is 0 Å². The molecule has 0 radical (unpaired) electrons. The van der Waals surface area contributed by atoms with E-state index < -0.39 is 0 Å². The highest BCUT2D eigenvalue weighted by Gasteiger charge is 2.15. The highest BCUT2D eigenvalue weighted by Crippen LogP contribution is 2.10. The Morgan fingerprint density at radius 3 is 2.78 bits per heavy atom. The van der Waals surface area contributed by atoms with Crippen molar-refractivity contribution in [3.63, 3.8) is 0 Å². The highest BCUT2D eigenvalue weighted by atomic mass is 16.3. The van der Waals surface area contributed by atoms with Gasteiger partial charge in [0.2, 0.25) is 0 Å². The first-order valence-corrected chi connectivity index (χ1v) is 3.34. The average molecular weight is 127 g/mol. The molecule has 0 bridgehead atoms. The highest BCUT2D eigenvalue weighted by molar-refractivity contribution is 4.86. The second kappa shape index (κ2) is 2.99. The van der Waals surface area contributed by atoms with E-state index in [1.807, 2.05) is 6.08 Å². The first-order valence-electron chi connectivity index (χ1n) is 3.34. The van der Waals surface area contributed by atoms with Crippen LogP contribution >= 0.6 is 0 Å². The summed E-state index contributed by atoms with van der Waals surface area (Å²) in [5, 5.41) is 12.2. The first kappa shape index (κ1) is 6.78. The summed E-state index contributed by atoms with van der Waals surface area (Å²) in [5.41, 5.74) is 0. The van der Waals surface area contributed by atoms with Crippen LogP contribution in [-0.2, 0) is 0 Å². The van der Waals surface area contributed by atoms with Crippen molar-refractivity contribution < 1.29 is 5.11 Å². The quantitative estimate of drug-likeness (QED) is 0.491. The molecule has 2 N–H and O–H groups in total. The molecule has 1 saturated heterocycles. The van der Waals surface area contributed by atoms with Gasteiger partial charge in [-0.2, -0.15) is 0 Å². The maximum absolute atomic E-state index is 9.10. The zero-order valence-electron chi connectivity index (χ0n) is 5.51. The number of piperidine rings is 1. The molecule has 0 aromatic rings. The largest absolute Gasteiger partial charge is 0.392 e. The van der Waals surface area contributed by atoms with Gasteiger partial charge in [0.1, 0.15) is 0 Å². The summed E-state index contributed by atoms with van der Waals surface area (Å²) in [7, 11) is 0. The van der Waals surface area contributed by atoms with Gasteiger partial charge in [0.05, 0.1) is 6.10 Å². The van der Waals surface area contributed by atoms with Crippen LogP contribution < -0.4 is 5.32 Å².